The molecule has 0 saturated carbocycles. The van der Waals surface area contributed by atoms with Crippen LogP contribution in [0.1, 0.15) is 18.4 Å². The highest BCUT2D eigenvalue weighted by Gasteiger charge is 2.30. The van der Waals surface area contributed by atoms with Gasteiger partial charge in [0.25, 0.3) is 0 Å². The average molecular weight is 263 g/mol. The van der Waals surface area contributed by atoms with Crippen molar-refractivity contribution in [2.24, 2.45) is 0 Å². The zero-order chi connectivity index (χ0) is 13.7. The summed E-state index contributed by atoms with van der Waals surface area (Å²) in [4.78, 5) is 13.4. The number of ether oxygens (including phenoxy) is 1. The molecule has 0 aliphatic carbocycles. The second kappa shape index (κ2) is 6.59. The first kappa shape index (κ1) is 13.9. The summed E-state index contributed by atoms with van der Waals surface area (Å²) in [6.07, 6.45) is 0.852. The Bertz CT molecular complexity index is 404. The number of hydrogen-bond acceptors (Lipinski definition) is 4. The molecule has 0 bridgehead atoms. The Hall–Kier alpha value is -1.53. The van der Waals surface area contributed by atoms with Crippen molar-refractivity contribution >= 4 is 13.2 Å². The summed E-state index contributed by atoms with van der Waals surface area (Å²) >= 11 is 0. The highest BCUT2D eigenvalue weighted by atomic mass is 16.6. The Kier molecular flexibility index (Phi) is 4.82. The van der Waals surface area contributed by atoms with Gasteiger partial charge in [-0.3, -0.25) is 0 Å². The second-order valence-corrected chi connectivity index (χ2v) is 4.78. The molecule has 1 aromatic rings. The zero-order valence-electron chi connectivity index (χ0n) is 10.7. The summed E-state index contributed by atoms with van der Waals surface area (Å²) in [7, 11) is -1.29. The van der Waals surface area contributed by atoms with Crippen LogP contribution in [0.5, 0.6) is 0 Å². The van der Waals surface area contributed by atoms with E-state index in [1.54, 1.807) is 4.90 Å². The van der Waals surface area contributed by atoms with E-state index in [9.17, 15) is 4.79 Å². The molecule has 1 amide bonds. The molecule has 1 aliphatic rings. The summed E-state index contributed by atoms with van der Waals surface area (Å²) in [6.45, 7) is 1.29. The van der Waals surface area contributed by atoms with Gasteiger partial charge in [0.05, 0.1) is 0 Å². The Balaban J connectivity index is 1.76. The number of carbonyl (C=O) groups is 1. The van der Waals surface area contributed by atoms with Gasteiger partial charge in [-0.25, -0.2) is 4.79 Å². The number of carbonyl (C=O) groups excluding carboxylic acids is 1. The van der Waals surface area contributed by atoms with Crippen LogP contribution in [0, 0.1) is 0 Å². The Morgan fingerprint density at radius 3 is 2.47 bits per heavy atom. The van der Waals surface area contributed by atoms with Gasteiger partial charge in [0.2, 0.25) is 0 Å². The molecule has 1 aromatic carbocycles. The van der Waals surface area contributed by atoms with Gasteiger partial charge in [-0.05, 0) is 24.2 Å². The minimum atomic E-state index is -1.29. The third kappa shape index (κ3) is 3.97. The van der Waals surface area contributed by atoms with Crippen molar-refractivity contribution < 1.29 is 19.6 Å². The van der Waals surface area contributed by atoms with Crippen molar-refractivity contribution in [2.45, 2.75) is 25.3 Å². The van der Waals surface area contributed by atoms with Crippen molar-refractivity contribution in [1.82, 2.24) is 4.90 Å². The fourth-order valence-electron chi connectivity index (χ4n) is 2.19. The van der Waals surface area contributed by atoms with Gasteiger partial charge in [0.1, 0.15) is 6.61 Å². The van der Waals surface area contributed by atoms with E-state index in [-0.39, 0.29) is 18.5 Å². The Morgan fingerprint density at radius 1 is 1.26 bits per heavy atom. The van der Waals surface area contributed by atoms with Crippen LogP contribution in [-0.2, 0) is 11.3 Å². The number of likely N-dealkylation sites (tertiary alicyclic amines) is 1. The number of amides is 1. The lowest BCUT2D eigenvalue weighted by atomic mass is 9.68. The van der Waals surface area contributed by atoms with Crippen molar-refractivity contribution in [3.8, 4) is 0 Å². The molecule has 0 aromatic heterocycles. The van der Waals surface area contributed by atoms with Gasteiger partial charge >= 0.3 is 13.2 Å². The lowest BCUT2D eigenvalue weighted by molar-refractivity contribution is 0.0880. The maximum atomic E-state index is 11.8. The molecule has 1 fully saturated rings. The molecular weight excluding hydrogens is 245 g/mol. The van der Waals surface area contributed by atoms with Gasteiger partial charge in [0, 0.05) is 13.1 Å². The first-order chi connectivity index (χ1) is 9.16. The molecule has 0 unspecified atom stereocenters. The van der Waals surface area contributed by atoms with Gasteiger partial charge in [-0.1, -0.05) is 30.3 Å². The van der Waals surface area contributed by atoms with Crippen LogP contribution in [-0.4, -0.2) is 41.2 Å². The summed E-state index contributed by atoms with van der Waals surface area (Å²) in [6, 6.07) is 9.52. The first-order valence-corrected chi connectivity index (χ1v) is 6.48. The number of nitrogens with zero attached hydrogens (tertiary/aromatic N) is 1. The topological polar surface area (TPSA) is 70.0 Å². The molecule has 5 nitrogen and oxygen atoms in total. The lowest BCUT2D eigenvalue weighted by Crippen LogP contribution is -2.40. The van der Waals surface area contributed by atoms with Crippen LogP contribution in [0.3, 0.4) is 0 Å². The number of rotatable bonds is 3. The third-order valence-electron chi connectivity index (χ3n) is 3.42. The van der Waals surface area contributed by atoms with Crippen LogP contribution in [0.2, 0.25) is 5.82 Å². The monoisotopic (exact) mass is 263 g/mol. The molecule has 2 N–H and O–H groups in total. The van der Waals surface area contributed by atoms with E-state index in [2.05, 4.69) is 0 Å². The summed E-state index contributed by atoms with van der Waals surface area (Å²) in [5.41, 5.74) is 0.955. The predicted molar refractivity (Wildman–Crippen MR) is 71.4 cm³/mol. The Morgan fingerprint density at radius 2 is 1.89 bits per heavy atom. The summed E-state index contributed by atoms with van der Waals surface area (Å²) in [5.74, 6) is -0.141. The molecule has 19 heavy (non-hydrogen) atoms. The van der Waals surface area contributed by atoms with Gasteiger partial charge in [-0.15, -0.1) is 0 Å². The molecular formula is C13H18BNO4. The maximum absolute atomic E-state index is 11.8. The fourth-order valence-corrected chi connectivity index (χ4v) is 2.19. The fraction of sp³-hybridized carbons (Fsp3) is 0.462. The highest BCUT2D eigenvalue weighted by molar-refractivity contribution is 6.43. The van der Waals surface area contributed by atoms with Crippen molar-refractivity contribution in [3.63, 3.8) is 0 Å². The van der Waals surface area contributed by atoms with Crippen LogP contribution < -0.4 is 0 Å². The largest absolute Gasteiger partial charge is 0.454 e. The molecule has 1 heterocycles. The minimum Gasteiger partial charge on any atom is -0.445 e. The van der Waals surface area contributed by atoms with E-state index in [0.717, 1.165) is 5.56 Å². The first-order valence-electron chi connectivity index (χ1n) is 6.48. The number of piperidine rings is 1. The van der Waals surface area contributed by atoms with Gasteiger partial charge in [0.15, 0.2) is 0 Å². The predicted octanol–water partition coefficient (Wildman–Crippen LogP) is 1.26. The summed E-state index contributed by atoms with van der Waals surface area (Å²) in [5, 5.41) is 18.1. The van der Waals surface area contributed by atoms with Crippen LogP contribution in [0.25, 0.3) is 0 Å². The van der Waals surface area contributed by atoms with E-state index in [1.807, 2.05) is 30.3 Å². The normalized spacial score (nSPS) is 16.2. The zero-order valence-corrected chi connectivity index (χ0v) is 10.7. The summed E-state index contributed by atoms with van der Waals surface area (Å²) < 4.78 is 5.23. The molecule has 2 rings (SSSR count). The van der Waals surface area contributed by atoms with Crippen LogP contribution in [0.4, 0.5) is 4.79 Å². The number of benzene rings is 1. The SMILES string of the molecule is O=C(OCc1ccccc1)N1CCC(B(O)O)CC1. The standard InChI is InChI=1S/C13H18BNO4/c16-13(19-10-11-4-2-1-3-5-11)15-8-6-12(7-9-15)14(17)18/h1-5,12,17-18H,6-10H2. The molecule has 0 spiro atoms. The third-order valence-corrected chi connectivity index (χ3v) is 3.42. The smallest absolute Gasteiger partial charge is 0.445 e. The molecule has 0 radical (unpaired) electrons. The Labute approximate surface area is 112 Å². The number of hydrogen-bond donors (Lipinski definition) is 2. The highest BCUT2D eigenvalue weighted by Crippen LogP contribution is 2.24. The van der Waals surface area contributed by atoms with E-state index < -0.39 is 7.12 Å². The van der Waals surface area contributed by atoms with Gasteiger partial charge in [-0.2, -0.15) is 0 Å². The molecule has 102 valence electrons. The maximum Gasteiger partial charge on any atom is 0.454 e. The lowest BCUT2D eigenvalue weighted by Gasteiger charge is -2.30. The van der Waals surface area contributed by atoms with E-state index >= 15 is 0 Å². The van der Waals surface area contributed by atoms with Crippen molar-refractivity contribution in [3.05, 3.63) is 35.9 Å². The van der Waals surface area contributed by atoms with E-state index in [4.69, 9.17) is 14.8 Å². The van der Waals surface area contributed by atoms with Crippen LogP contribution >= 0.6 is 0 Å². The van der Waals surface area contributed by atoms with Crippen molar-refractivity contribution in [1.29, 1.82) is 0 Å². The van der Waals surface area contributed by atoms with E-state index in [1.165, 1.54) is 0 Å². The second-order valence-electron chi connectivity index (χ2n) is 4.78. The molecule has 1 aliphatic heterocycles. The van der Waals surface area contributed by atoms with Crippen LogP contribution in [0.15, 0.2) is 30.3 Å². The molecule has 1 saturated heterocycles. The minimum absolute atomic E-state index is 0.141. The van der Waals surface area contributed by atoms with E-state index in [0.29, 0.717) is 25.9 Å². The van der Waals surface area contributed by atoms with Gasteiger partial charge < -0.3 is 19.7 Å². The van der Waals surface area contributed by atoms with Crippen molar-refractivity contribution in [2.75, 3.05) is 13.1 Å². The molecule has 0 atom stereocenters. The molecule has 6 heteroatoms. The quantitative estimate of drug-likeness (QED) is 0.805. The average Bonchev–Trinajstić information content (AvgIpc) is 2.46.